The molecule has 0 N–H and O–H groups in total. The summed E-state index contributed by atoms with van der Waals surface area (Å²) in [5.74, 6) is 0. The van der Waals surface area contributed by atoms with Crippen LogP contribution in [0.25, 0.3) is 10.9 Å². The predicted octanol–water partition coefficient (Wildman–Crippen LogP) is 6.33. The van der Waals surface area contributed by atoms with Crippen molar-refractivity contribution in [2.45, 2.75) is 30.6 Å². The molecule has 0 unspecified atom stereocenters. The van der Waals surface area contributed by atoms with Crippen molar-refractivity contribution in [2.75, 3.05) is 18.0 Å². The predicted molar refractivity (Wildman–Crippen MR) is 117 cm³/mol. The second-order valence-corrected chi connectivity index (χ2v) is 10.7. The van der Waals surface area contributed by atoms with Gasteiger partial charge in [0, 0.05) is 44.9 Å². The molecule has 0 saturated carbocycles. The quantitative estimate of drug-likeness (QED) is 0.383. The van der Waals surface area contributed by atoms with Gasteiger partial charge in [0.2, 0.25) is 0 Å². The molecule has 0 spiro atoms. The molecule has 0 amide bonds. The van der Waals surface area contributed by atoms with E-state index in [4.69, 9.17) is 0 Å². The lowest BCUT2D eigenvalue weighted by Gasteiger charge is -2.30. The van der Waals surface area contributed by atoms with Gasteiger partial charge in [0.05, 0.1) is 10.4 Å². The number of hydrogen-bond donors (Lipinski definition) is 0. The molecule has 1 aliphatic heterocycles. The molecular weight excluding hydrogens is 530 g/mol. The molecule has 1 fully saturated rings. The zero-order valence-electron chi connectivity index (χ0n) is 15.3. The van der Waals surface area contributed by atoms with Gasteiger partial charge in [-0.3, -0.25) is 0 Å². The van der Waals surface area contributed by atoms with E-state index in [0.29, 0.717) is 20.0 Å². The van der Waals surface area contributed by atoms with Gasteiger partial charge < -0.3 is 4.90 Å². The van der Waals surface area contributed by atoms with Gasteiger partial charge in [-0.2, -0.15) is 0 Å². The molecule has 2 aromatic carbocycles. The fraction of sp³-hybridized carbons (Fsp3) is 0.300. The van der Waals surface area contributed by atoms with E-state index in [0.717, 1.165) is 42.5 Å². The van der Waals surface area contributed by atoms with Crippen LogP contribution in [0.5, 0.6) is 0 Å². The standard InChI is InChI=1S/C20H18Br2F2N2O2S/c21-13-5-4-6-15(9-13)29(27,28)26-12-16(20(23)24)19-17(10-14(22)11-18(19)26)25-7-2-1-3-8-25/h4-6,9-12,20H,1-3,7-8H2. The minimum absolute atomic E-state index is 0.0316. The molecule has 1 aliphatic rings. The zero-order valence-corrected chi connectivity index (χ0v) is 19.3. The van der Waals surface area contributed by atoms with Gasteiger partial charge in [0.15, 0.2) is 0 Å². The first-order chi connectivity index (χ1) is 13.8. The summed E-state index contributed by atoms with van der Waals surface area (Å²) >= 11 is 6.71. The molecule has 0 atom stereocenters. The highest BCUT2D eigenvalue weighted by atomic mass is 79.9. The Balaban J connectivity index is 2.00. The van der Waals surface area contributed by atoms with Gasteiger partial charge in [0.1, 0.15) is 0 Å². The van der Waals surface area contributed by atoms with Gasteiger partial charge >= 0.3 is 0 Å². The van der Waals surface area contributed by atoms with Crippen molar-refractivity contribution in [3.8, 4) is 0 Å². The molecular formula is C20H18Br2F2N2O2S. The van der Waals surface area contributed by atoms with Gasteiger partial charge in [-0.1, -0.05) is 37.9 Å². The van der Waals surface area contributed by atoms with Crippen molar-refractivity contribution in [2.24, 2.45) is 0 Å². The molecule has 0 radical (unpaired) electrons. The summed E-state index contributed by atoms with van der Waals surface area (Å²) in [6.45, 7) is 1.52. The van der Waals surface area contributed by atoms with Crippen molar-refractivity contribution in [1.82, 2.24) is 3.97 Å². The van der Waals surface area contributed by atoms with Crippen molar-refractivity contribution in [3.63, 3.8) is 0 Å². The van der Waals surface area contributed by atoms with Crippen LogP contribution >= 0.6 is 31.9 Å². The molecule has 154 valence electrons. The number of piperidine rings is 1. The molecule has 29 heavy (non-hydrogen) atoms. The van der Waals surface area contributed by atoms with E-state index in [1.807, 2.05) is 0 Å². The lowest BCUT2D eigenvalue weighted by Crippen LogP contribution is -2.29. The third kappa shape index (κ3) is 3.84. The summed E-state index contributed by atoms with van der Waals surface area (Å²) in [6, 6.07) is 9.62. The summed E-state index contributed by atoms with van der Waals surface area (Å²) in [4.78, 5) is 2.10. The second-order valence-electron chi connectivity index (χ2n) is 7.01. The summed E-state index contributed by atoms with van der Waals surface area (Å²) < 4.78 is 56.8. The minimum atomic E-state index is -4.05. The normalized spacial score (nSPS) is 15.4. The Hall–Kier alpha value is -1.45. The number of aromatic nitrogens is 1. The van der Waals surface area contributed by atoms with Crippen LogP contribution in [-0.4, -0.2) is 25.5 Å². The first kappa shape index (κ1) is 20.8. The molecule has 2 heterocycles. The maximum atomic E-state index is 14.0. The number of alkyl halides is 2. The van der Waals surface area contributed by atoms with Crippen molar-refractivity contribution in [3.05, 3.63) is 57.1 Å². The van der Waals surface area contributed by atoms with Crippen molar-refractivity contribution >= 4 is 58.5 Å². The lowest BCUT2D eigenvalue weighted by molar-refractivity contribution is 0.153. The molecule has 1 saturated heterocycles. The number of halogens is 4. The van der Waals surface area contributed by atoms with Crippen LogP contribution < -0.4 is 4.90 Å². The average Bonchev–Trinajstić information content (AvgIpc) is 3.08. The molecule has 4 rings (SSSR count). The number of anilines is 1. The summed E-state index contributed by atoms with van der Waals surface area (Å²) in [5, 5.41) is 0.295. The molecule has 3 aromatic rings. The van der Waals surface area contributed by atoms with Gasteiger partial charge in [-0.15, -0.1) is 0 Å². The third-order valence-corrected chi connectivity index (χ3v) is 7.75. The fourth-order valence-corrected chi connectivity index (χ4v) is 6.19. The molecule has 0 aliphatic carbocycles. The Morgan fingerprint density at radius 3 is 2.34 bits per heavy atom. The molecule has 9 heteroatoms. The van der Waals surface area contributed by atoms with E-state index in [2.05, 4.69) is 36.8 Å². The first-order valence-corrected chi connectivity index (χ1v) is 12.2. The van der Waals surface area contributed by atoms with Crippen LogP contribution in [0.2, 0.25) is 0 Å². The van der Waals surface area contributed by atoms with Gasteiger partial charge in [-0.05, 0) is 49.6 Å². The van der Waals surface area contributed by atoms with Crippen LogP contribution in [0.15, 0.2) is 56.4 Å². The van der Waals surface area contributed by atoms with E-state index in [1.165, 1.54) is 12.1 Å². The zero-order chi connectivity index (χ0) is 20.8. The van der Waals surface area contributed by atoms with Gasteiger partial charge in [-0.25, -0.2) is 21.2 Å². The van der Waals surface area contributed by atoms with E-state index >= 15 is 0 Å². The smallest absolute Gasteiger partial charge is 0.268 e. The number of fused-ring (bicyclic) bond motifs is 1. The molecule has 1 aromatic heterocycles. The Kier molecular flexibility index (Phi) is 5.74. The fourth-order valence-electron chi connectivity index (χ4n) is 3.80. The average molecular weight is 548 g/mol. The number of hydrogen-bond acceptors (Lipinski definition) is 3. The Bertz CT molecular complexity index is 1170. The summed E-state index contributed by atoms with van der Waals surface area (Å²) in [7, 11) is -4.05. The van der Waals surface area contributed by atoms with Crippen LogP contribution in [0.1, 0.15) is 31.3 Å². The van der Waals surface area contributed by atoms with E-state index in [-0.39, 0.29) is 16.0 Å². The summed E-state index contributed by atoms with van der Waals surface area (Å²) in [5.41, 5.74) is 0.620. The number of nitrogens with zero attached hydrogens (tertiary/aromatic N) is 2. The number of rotatable bonds is 4. The maximum Gasteiger partial charge on any atom is 0.268 e. The first-order valence-electron chi connectivity index (χ1n) is 9.18. The third-order valence-electron chi connectivity index (χ3n) is 5.13. The molecule has 0 bridgehead atoms. The van der Waals surface area contributed by atoms with E-state index in [1.54, 1.807) is 24.3 Å². The molecule has 4 nitrogen and oxygen atoms in total. The summed E-state index contributed by atoms with van der Waals surface area (Å²) in [6.07, 6.45) is 1.34. The maximum absolute atomic E-state index is 14.0. The SMILES string of the molecule is O=S(=O)(c1cccc(Br)c1)n1cc(C(F)F)c2c(N3CCCCC3)cc(Br)cc21. The minimum Gasteiger partial charge on any atom is -0.371 e. The Morgan fingerprint density at radius 2 is 1.69 bits per heavy atom. The highest BCUT2D eigenvalue weighted by molar-refractivity contribution is 9.10. The highest BCUT2D eigenvalue weighted by Gasteiger charge is 2.28. The van der Waals surface area contributed by atoms with Crippen LogP contribution in [-0.2, 0) is 10.0 Å². The van der Waals surface area contributed by atoms with E-state index in [9.17, 15) is 17.2 Å². The van der Waals surface area contributed by atoms with Gasteiger partial charge in [0.25, 0.3) is 16.4 Å². The second kappa shape index (κ2) is 8.00. The van der Waals surface area contributed by atoms with Crippen LogP contribution in [0.4, 0.5) is 14.5 Å². The van der Waals surface area contributed by atoms with E-state index < -0.39 is 16.4 Å². The Labute approximate surface area is 184 Å². The topological polar surface area (TPSA) is 42.3 Å². The Morgan fingerprint density at radius 1 is 0.966 bits per heavy atom. The monoisotopic (exact) mass is 546 g/mol. The largest absolute Gasteiger partial charge is 0.371 e. The van der Waals surface area contributed by atoms with Crippen molar-refractivity contribution < 1.29 is 17.2 Å². The number of benzene rings is 2. The van der Waals surface area contributed by atoms with Crippen LogP contribution in [0.3, 0.4) is 0 Å². The lowest BCUT2D eigenvalue weighted by atomic mass is 10.1. The van der Waals surface area contributed by atoms with Crippen molar-refractivity contribution in [1.29, 1.82) is 0 Å². The van der Waals surface area contributed by atoms with Crippen LogP contribution in [0, 0.1) is 0 Å². The highest BCUT2D eigenvalue weighted by Crippen LogP contribution is 2.41.